The van der Waals surface area contributed by atoms with Crippen LogP contribution in [0.3, 0.4) is 0 Å². The van der Waals surface area contributed by atoms with Crippen LogP contribution in [-0.4, -0.2) is 34.6 Å². The highest BCUT2D eigenvalue weighted by Crippen LogP contribution is 2.31. The predicted octanol–water partition coefficient (Wildman–Crippen LogP) is 2.73. The number of nitrogens with one attached hydrogen (secondary N) is 1. The third kappa shape index (κ3) is 2.83. The molecule has 1 saturated heterocycles. The Bertz CT molecular complexity index is 403. The van der Waals surface area contributed by atoms with Crippen molar-refractivity contribution < 1.29 is 0 Å². The van der Waals surface area contributed by atoms with E-state index < -0.39 is 0 Å². The molecule has 1 aliphatic carbocycles. The van der Waals surface area contributed by atoms with Crippen LogP contribution in [0.15, 0.2) is 5.38 Å². The number of hydrogen-bond acceptors (Lipinski definition) is 5. The van der Waals surface area contributed by atoms with Crippen molar-refractivity contribution >= 4 is 28.2 Å². The molecule has 1 N–H and O–H groups in total. The van der Waals surface area contributed by atoms with Gasteiger partial charge in [-0.1, -0.05) is 6.92 Å². The Labute approximate surface area is 117 Å². The number of thiazole rings is 1. The molecule has 1 aliphatic heterocycles. The van der Waals surface area contributed by atoms with E-state index in [9.17, 15) is 0 Å². The van der Waals surface area contributed by atoms with E-state index in [2.05, 4.69) is 41.2 Å². The minimum Gasteiger partial charge on any atom is -0.343 e. The number of aromatic nitrogens is 1. The van der Waals surface area contributed by atoms with E-state index in [0.29, 0.717) is 11.3 Å². The maximum absolute atomic E-state index is 4.79. The highest BCUT2D eigenvalue weighted by atomic mass is 32.2. The minimum absolute atomic E-state index is 0.596. The number of hydrogen-bond donors (Lipinski definition) is 1. The molecule has 0 aromatic carbocycles. The molecule has 2 fully saturated rings. The molecule has 0 amide bonds. The largest absolute Gasteiger partial charge is 0.343 e. The quantitative estimate of drug-likeness (QED) is 0.919. The molecular weight excluding hydrogens is 262 g/mol. The molecule has 2 heterocycles. The molecular formula is C13H21N3S2. The molecule has 1 aromatic rings. The Morgan fingerprint density at radius 1 is 1.44 bits per heavy atom. The summed E-state index contributed by atoms with van der Waals surface area (Å²) in [6.45, 7) is 6.72. The average Bonchev–Trinajstić information content (AvgIpc) is 3.08. The van der Waals surface area contributed by atoms with Crippen LogP contribution < -0.4 is 10.2 Å². The summed E-state index contributed by atoms with van der Waals surface area (Å²) in [6, 6.07) is 1.36. The van der Waals surface area contributed by atoms with E-state index in [1.807, 2.05) is 0 Å². The lowest BCUT2D eigenvalue weighted by Gasteiger charge is -2.37. The third-order valence-corrected chi connectivity index (χ3v) is 6.08. The molecule has 2 aliphatic rings. The van der Waals surface area contributed by atoms with Gasteiger partial charge in [-0.3, -0.25) is 0 Å². The van der Waals surface area contributed by atoms with Crippen molar-refractivity contribution in [3.8, 4) is 0 Å². The molecule has 1 aromatic heterocycles. The summed E-state index contributed by atoms with van der Waals surface area (Å²) in [5.41, 5.74) is 1.21. The van der Waals surface area contributed by atoms with Gasteiger partial charge in [0.2, 0.25) is 0 Å². The Morgan fingerprint density at radius 2 is 2.28 bits per heavy atom. The summed E-state index contributed by atoms with van der Waals surface area (Å²) >= 11 is 3.88. The van der Waals surface area contributed by atoms with E-state index in [4.69, 9.17) is 4.98 Å². The van der Waals surface area contributed by atoms with E-state index in [-0.39, 0.29) is 0 Å². The smallest absolute Gasteiger partial charge is 0.185 e. The van der Waals surface area contributed by atoms with Crippen LogP contribution in [0.1, 0.15) is 32.4 Å². The van der Waals surface area contributed by atoms with Gasteiger partial charge in [0, 0.05) is 41.6 Å². The molecule has 2 atom stereocenters. The lowest BCUT2D eigenvalue weighted by atomic mass is 10.2. The first kappa shape index (κ1) is 12.8. The second-order valence-electron chi connectivity index (χ2n) is 5.29. The summed E-state index contributed by atoms with van der Waals surface area (Å²) in [4.78, 5) is 7.27. The van der Waals surface area contributed by atoms with Crippen molar-refractivity contribution in [3.63, 3.8) is 0 Å². The van der Waals surface area contributed by atoms with Crippen molar-refractivity contribution in [1.82, 2.24) is 10.3 Å². The summed E-state index contributed by atoms with van der Waals surface area (Å²) in [5, 5.41) is 7.66. The molecule has 100 valence electrons. The van der Waals surface area contributed by atoms with Crippen molar-refractivity contribution in [1.29, 1.82) is 0 Å². The molecule has 3 rings (SSSR count). The second-order valence-corrected chi connectivity index (χ2v) is 7.61. The first-order valence-corrected chi connectivity index (χ1v) is 8.73. The van der Waals surface area contributed by atoms with Crippen molar-refractivity contribution in [2.75, 3.05) is 17.2 Å². The molecule has 5 heteroatoms. The Kier molecular flexibility index (Phi) is 3.82. The van der Waals surface area contributed by atoms with Gasteiger partial charge in [-0.25, -0.2) is 4.98 Å². The Balaban J connectivity index is 1.63. The Hall–Kier alpha value is -0.260. The normalized spacial score (nSPS) is 28.7. The molecule has 3 nitrogen and oxygen atoms in total. The summed E-state index contributed by atoms with van der Waals surface area (Å²) in [7, 11) is 0. The molecule has 18 heavy (non-hydrogen) atoms. The number of nitrogens with zero attached hydrogens (tertiary/aromatic N) is 2. The van der Waals surface area contributed by atoms with Crippen molar-refractivity contribution in [3.05, 3.63) is 11.1 Å². The fraction of sp³-hybridized carbons (Fsp3) is 0.769. The SMILES string of the molecule is CC1SCCN(c2nc(CNC3CC3)cs2)C1C. The van der Waals surface area contributed by atoms with Crippen molar-refractivity contribution in [2.24, 2.45) is 0 Å². The van der Waals surface area contributed by atoms with Gasteiger partial charge in [0.25, 0.3) is 0 Å². The van der Waals surface area contributed by atoms with E-state index >= 15 is 0 Å². The summed E-state index contributed by atoms with van der Waals surface area (Å²) < 4.78 is 0. The second kappa shape index (κ2) is 5.39. The van der Waals surface area contributed by atoms with Gasteiger partial charge < -0.3 is 10.2 Å². The van der Waals surface area contributed by atoms with Gasteiger partial charge in [0.15, 0.2) is 5.13 Å². The third-order valence-electron chi connectivity index (χ3n) is 3.82. The van der Waals surface area contributed by atoms with Crippen LogP contribution in [0.2, 0.25) is 0 Å². The van der Waals surface area contributed by atoms with Crippen LogP contribution >= 0.6 is 23.1 Å². The van der Waals surface area contributed by atoms with E-state index in [0.717, 1.165) is 19.1 Å². The standard InChI is InChI=1S/C13H21N3S2/c1-9-10(2)17-6-5-16(9)13-15-12(8-18-13)7-14-11-3-4-11/h8-11,14H,3-7H2,1-2H3. The zero-order valence-corrected chi connectivity index (χ0v) is 12.7. The lowest BCUT2D eigenvalue weighted by molar-refractivity contribution is 0.622. The van der Waals surface area contributed by atoms with Crippen LogP contribution in [0, 0.1) is 0 Å². The van der Waals surface area contributed by atoms with Gasteiger partial charge in [-0.05, 0) is 19.8 Å². The summed E-state index contributed by atoms with van der Waals surface area (Å²) in [6.07, 6.45) is 2.68. The Morgan fingerprint density at radius 3 is 3.06 bits per heavy atom. The maximum Gasteiger partial charge on any atom is 0.185 e. The van der Waals surface area contributed by atoms with Crippen molar-refractivity contribution in [2.45, 2.75) is 50.6 Å². The number of anilines is 1. The number of thioether (sulfide) groups is 1. The topological polar surface area (TPSA) is 28.2 Å². The van der Waals surface area contributed by atoms with E-state index in [1.165, 1.54) is 29.4 Å². The van der Waals surface area contributed by atoms with Gasteiger partial charge in [0.1, 0.15) is 0 Å². The lowest BCUT2D eigenvalue weighted by Crippen LogP contribution is -2.44. The van der Waals surface area contributed by atoms with Crippen LogP contribution in [0.25, 0.3) is 0 Å². The highest BCUT2D eigenvalue weighted by Gasteiger charge is 2.27. The molecule has 0 radical (unpaired) electrons. The van der Waals surface area contributed by atoms with Crippen LogP contribution in [0.5, 0.6) is 0 Å². The van der Waals surface area contributed by atoms with Crippen LogP contribution in [-0.2, 0) is 6.54 Å². The van der Waals surface area contributed by atoms with E-state index in [1.54, 1.807) is 11.3 Å². The fourth-order valence-electron chi connectivity index (χ4n) is 2.25. The molecule has 0 spiro atoms. The van der Waals surface area contributed by atoms with Gasteiger partial charge in [-0.15, -0.1) is 11.3 Å². The first-order chi connectivity index (χ1) is 8.74. The summed E-state index contributed by atoms with van der Waals surface area (Å²) in [5.74, 6) is 1.22. The predicted molar refractivity (Wildman–Crippen MR) is 80.7 cm³/mol. The van der Waals surface area contributed by atoms with Gasteiger partial charge in [-0.2, -0.15) is 11.8 Å². The fourth-order valence-corrected chi connectivity index (χ4v) is 4.29. The van der Waals surface area contributed by atoms with Crippen LogP contribution in [0.4, 0.5) is 5.13 Å². The minimum atomic E-state index is 0.596. The zero-order chi connectivity index (χ0) is 12.5. The zero-order valence-electron chi connectivity index (χ0n) is 11.1. The average molecular weight is 283 g/mol. The maximum atomic E-state index is 4.79. The molecule has 1 saturated carbocycles. The first-order valence-electron chi connectivity index (χ1n) is 6.80. The molecule has 2 unspecified atom stereocenters. The highest BCUT2D eigenvalue weighted by molar-refractivity contribution is 8.00. The molecule has 0 bridgehead atoms. The van der Waals surface area contributed by atoms with Gasteiger partial charge in [0.05, 0.1) is 5.69 Å². The number of rotatable bonds is 4. The monoisotopic (exact) mass is 283 g/mol. The van der Waals surface area contributed by atoms with Gasteiger partial charge >= 0.3 is 0 Å².